The summed E-state index contributed by atoms with van der Waals surface area (Å²) in [5, 5.41) is 11.1. The molecule has 1 aromatic heterocycles. The van der Waals surface area contributed by atoms with Gasteiger partial charge in [0.25, 0.3) is 21.6 Å². The van der Waals surface area contributed by atoms with Gasteiger partial charge < -0.3 is 9.30 Å². The van der Waals surface area contributed by atoms with Gasteiger partial charge in [0.05, 0.1) is 27.1 Å². The summed E-state index contributed by atoms with van der Waals surface area (Å²) >= 11 is 1.17. The van der Waals surface area contributed by atoms with Crippen LogP contribution in [0.25, 0.3) is 10.2 Å². The first-order valence-electron chi connectivity index (χ1n) is 10.4. The van der Waals surface area contributed by atoms with Crippen LogP contribution >= 0.6 is 11.3 Å². The van der Waals surface area contributed by atoms with Crippen molar-refractivity contribution in [2.24, 2.45) is 4.99 Å². The van der Waals surface area contributed by atoms with Gasteiger partial charge in [0.1, 0.15) is 5.75 Å². The zero-order valence-corrected chi connectivity index (χ0v) is 20.3. The van der Waals surface area contributed by atoms with Crippen LogP contribution in [0.15, 0.2) is 76.6 Å². The lowest BCUT2D eigenvalue weighted by molar-refractivity contribution is -0.384. The van der Waals surface area contributed by atoms with E-state index in [4.69, 9.17) is 4.74 Å². The maximum Gasteiger partial charge on any atom is 0.279 e. The number of aryl methyl sites for hydroxylation is 1. The van der Waals surface area contributed by atoms with Crippen LogP contribution in [-0.4, -0.2) is 30.9 Å². The lowest BCUT2D eigenvalue weighted by atomic mass is 10.2. The number of hydrogen-bond acceptors (Lipinski definition) is 7. The number of carbonyl (C=O) groups excluding carboxylic acids is 1. The number of nitrogens with one attached hydrogen (secondary N) is 1. The van der Waals surface area contributed by atoms with Gasteiger partial charge in [-0.3, -0.25) is 19.6 Å². The highest BCUT2D eigenvalue weighted by Gasteiger charge is 2.16. The molecule has 0 bridgehead atoms. The number of methoxy groups -OCH3 is 1. The minimum Gasteiger partial charge on any atom is -0.497 e. The number of nitrogens with zero attached hydrogens (tertiary/aromatic N) is 3. The SMILES string of the molecule is CCn1c(=NC(=O)c2cccc(NS(=O)(=O)c3ccc(OC)cc3)c2)sc2cc([N+](=O)[O-])ccc21. The number of ether oxygens (including phenoxy) is 1. The van der Waals surface area contributed by atoms with E-state index >= 15 is 0 Å². The molecule has 0 aliphatic carbocycles. The Bertz CT molecular complexity index is 1610. The van der Waals surface area contributed by atoms with Crippen molar-refractivity contribution in [2.75, 3.05) is 11.8 Å². The highest BCUT2D eigenvalue weighted by Crippen LogP contribution is 2.24. The Morgan fingerprint density at radius 2 is 1.89 bits per heavy atom. The number of anilines is 1. The minimum atomic E-state index is -3.88. The van der Waals surface area contributed by atoms with Crippen LogP contribution in [0.3, 0.4) is 0 Å². The number of fused-ring (bicyclic) bond motifs is 1. The Morgan fingerprint density at radius 3 is 2.54 bits per heavy atom. The molecule has 4 aromatic rings. The lowest BCUT2D eigenvalue weighted by Gasteiger charge is -2.09. The first-order valence-corrected chi connectivity index (χ1v) is 12.7. The highest BCUT2D eigenvalue weighted by atomic mass is 32.2. The number of sulfonamides is 1. The molecule has 180 valence electrons. The summed E-state index contributed by atoms with van der Waals surface area (Å²) in [6, 6.07) is 16.4. The summed E-state index contributed by atoms with van der Waals surface area (Å²) in [6.07, 6.45) is 0. The van der Waals surface area contributed by atoms with E-state index in [1.54, 1.807) is 16.7 Å². The molecule has 0 aliphatic heterocycles. The van der Waals surface area contributed by atoms with E-state index in [0.29, 0.717) is 21.8 Å². The molecule has 0 fully saturated rings. The summed E-state index contributed by atoms with van der Waals surface area (Å²) < 4.78 is 35.4. The Hall–Kier alpha value is -4.03. The quantitative estimate of drug-likeness (QED) is 0.292. The van der Waals surface area contributed by atoms with E-state index in [0.717, 1.165) is 5.52 Å². The summed E-state index contributed by atoms with van der Waals surface area (Å²) in [5.41, 5.74) is 1.08. The number of amides is 1. The van der Waals surface area contributed by atoms with Crippen molar-refractivity contribution >= 4 is 48.9 Å². The third-order valence-corrected chi connectivity index (χ3v) is 7.56. The molecule has 1 heterocycles. The van der Waals surface area contributed by atoms with Crippen LogP contribution < -0.4 is 14.3 Å². The van der Waals surface area contributed by atoms with Gasteiger partial charge in [0.15, 0.2) is 4.80 Å². The van der Waals surface area contributed by atoms with Crippen molar-refractivity contribution in [3.05, 3.63) is 87.2 Å². The summed E-state index contributed by atoms with van der Waals surface area (Å²) in [5.74, 6) is -0.0444. The van der Waals surface area contributed by atoms with E-state index in [1.807, 2.05) is 6.92 Å². The van der Waals surface area contributed by atoms with Gasteiger partial charge in [0.2, 0.25) is 0 Å². The van der Waals surface area contributed by atoms with Gasteiger partial charge in [-0.25, -0.2) is 8.42 Å². The number of rotatable bonds is 7. The third kappa shape index (κ3) is 5.08. The molecule has 0 saturated heterocycles. The second-order valence-electron chi connectivity index (χ2n) is 7.32. The van der Waals surface area contributed by atoms with Gasteiger partial charge in [-0.2, -0.15) is 4.99 Å². The van der Waals surface area contributed by atoms with E-state index in [9.17, 15) is 23.3 Å². The summed E-state index contributed by atoms with van der Waals surface area (Å²) in [4.78, 5) is 28.2. The number of benzene rings is 3. The molecule has 0 saturated carbocycles. The Morgan fingerprint density at radius 1 is 1.14 bits per heavy atom. The fourth-order valence-corrected chi connectivity index (χ4v) is 5.58. The molecule has 35 heavy (non-hydrogen) atoms. The van der Waals surface area contributed by atoms with Gasteiger partial charge in [-0.05, 0) is 55.5 Å². The third-order valence-electron chi connectivity index (χ3n) is 5.12. The predicted octanol–water partition coefficient (Wildman–Crippen LogP) is 4.18. The van der Waals surface area contributed by atoms with Crippen LogP contribution in [0.5, 0.6) is 5.75 Å². The van der Waals surface area contributed by atoms with E-state index in [1.165, 1.54) is 73.0 Å². The number of thiazole rings is 1. The van der Waals surface area contributed by atoms with Crippen molar-refractivity contribution in [2.45, 2.75) is 18.4 Å². The van der Waals surface area contributed by atoms with Gasteiger partial charge in [0, 0.05) is 29.9 Å². The molecule has 0 unspecified atom stereocenters. The van der Waals surface area contributed by atoms with E-state index in [2.05, 4.69) is 9.71 Å². The maximum absolute atomic E-state index is 12.9. The first-order chi connectivity index (χ1) is 16.7. The molecular formula is C23H20N4O6S2. The standard InChI is InChI=1S/C23H20N4O6S2/c1-3-26-20-12-7-17(27(29)30)14-21(20)34-23(26)24-22(28)15-5-4-6-16(13-15)25-35(31,32)19-10-8-18(33-2)9-11-19/h4-14,25H,3H2,1-2H3. The Kier molecular flexibility index (Phi) is 6.67. The van der Waals surface area contributed by atoms with Crippen LogP contribution in [0.1, 0.15) is 17.3 Å². The molecule has 0 spiro atoms. The van der Waals surface area contributed by atoms with Crippen LogP contribution in [0, 0.1) is 10.1 Å². The number of aromatic nitrogens is 1. The van der Waals surface area contributed by atoms with Crippen LogP contribution in [-0.2, 0) is 16.6 Å². The van der Waals surface area contributed by atoms with Crippen LogP contribution in [0.4, 0.5) is 11.4 Å². The first kappa shape index (κ1) is 24.1. The second kappa shape index (κ2) is 9.68. The maximum atomic E-state index is 12.9. The van der Waals surface area contributed by atoms with Gasteiger partial charge >= 0.3 is 0 Å². The molecule has 1 amide bonds. The number of hydrogen-bond donors (Lipinski definition) is 1. The molecule has 1 N–H and O–H groups in total. The minimum absolute atomic E-state index is 0.0445. The number of nitro benzene ring substituents is 1. The Balaban J connectivity index is 1.65. The lowest BCUT2D eigenvalue weighted by Crippen LogP contribution is -2.16. The highest BCUT2D eigenvalue weighted by molar-refractivity contribution is 7.92. The average molecular weight is 513 g/mol. The topological polar surface area (TPSA) is 133 Å². The fourth-order valence-electron chi connectivity index (χ4n) is 3.40. The monoisotopic (exact) mass is 512 g/mol. The second-order valence-corrected chi connectivity index (χ2v) is 10.0. The largest absolute Gasteiger partial charge is 0.497 e. The van der Waals surface area contributed by atoms with Gasteiger partial charge in [-0.1, -0.05) is 17.4 Å². The van der Waals surface area contributed by atoms with E-state index < -0.39 is 20.9 Å². The average Bonchev–Trinajstić information content (AvgIpc) is 3.19. The molecule has 10 nitrogen and oxygen atoms in total. The normalized spacial score (nSPS) is 12.0. The Labute approximate surface area is 204 Å². The van der Waals surface area contributed by atoms with Crippen LogP contribution in [0.2, 0.25) is 0 Å². The molecule has 12 heteroatoms. The van der Waals surface area contributed by atoms with Crippen molar-refractivity contribution in [3.63, 3.8) is 0 Å². The zero-order chi connectivity index (χ0) is 25.2. The molecule has 0 radical (unpaired) electrons. The van der Waals surface area contributed by atoms with Crippen molar-refractivity contribution in [1.29, 1.82) is 0 Å². The van der Waals surface area contributed by atoms with Crippen molar-refractivity contribution in [3.8, 4) is 5.75 Å². The number of non-ortho nitro benzene ring substituents is 1. The molecular weight excluding hydrogens is 492 g/mol. The number of carbonyl (C=O) groups is 1. The smallest absolute Gasteiger partial charge is 0.279 e. The van der Waals surface area contributed by atoms with Crippen molar-refractivity contribution < 1.29 is 22.9 Å². The van der Waals surface area contributed by atoms with E-state index in [-0.39, 0.29) is 21.8 Å². The predicted molar refractivity (Wildman–Crippen MR) is 132 cm³/mol. The molecule has 0 atom stereocenters. The molecule has 0 aliphatic rings. The van der Waals surface area contributed by atoms with Gasteiger partial charge in [-0.15, -0.1) is 0 Å². The summed E-state index contributed by atoms with van der Waals surface area (Å²) in [6.45, 7) is 2.39. The van der Waals surface area contributed by atoms with Crippen molar-refractivity contribution in [1.82, 2.24) is 4.57 Å². The molecule has 3 aromatic carbocycles. The number of nitro groups is 1. The zero-order valence-electron chi connectivity index (χ0n) is 18.7. The molecule has 4 rings (SSSR count). The fraction of sp³-hybridized carbons (Fsp3) is 0.130. The summed E-state index contributed by atoms with van der Waals surface area (Å²) in [7, 11) is -2.40.